The van der Waals surface area contributed by atoms with E-state index in [0.29, 0.717) is 17.5 Å². The highest BCUT2D eigenvalue weighted by Gasteiger charge is 2.35. The van der Waals surface area contributed by atoms with Gasteiger partial charge in [-0.2, -0.15) is 0 Å². The van der Waals surface area contributed by atoms with Gasteiger partial charge in [-0.05, 0) is 80.6 Å². The summed E-state index contributed by atoms with van der Waals surface area (Å²) in [4.78, 5) is 16.0. The van der Waals surface area contributed by atoms with Crippen molar-refractivity contribution in [1.29, 1.82) is 0 Å². The van der Waals surface area contributed by atoms with Crippen molar-refractivity contribution in [3.05, 3.63) is 193 Å². The lowest BCUT2D eigenvalue weighted by Crippen LogP contribution is -2.14. The fourth-order valence-electron chi connectivity index (χ4n) is 8.84. The zero-order valence-corrected chi connectivity index (χ0v) is 31.1. The average Bonchev–Trinajstić information content (AvgIpc) is 3.71. The molecule has 2 heterocycles. The maximum Gasteiger partial charge on any atom is 0.166 e. The second-order valence-electron chi connectivity index (χ2n) is 15.3. The highest BCUT2D eigenvalue weighted by molar-refractivity contribution is 6.09. The summed E-state index contributed by atoms with van der Waals surface area (Å²) in [6.07, 6.45) is 0. The molecular formula is C52H36N4. The molecule has 4 nitrogen and oxygen atoms in total. The molecule has 56 heavy (non-hydrogen) atoms. The Morgan fingerprint density at radius 2 is 0.946 bits per heavy atom. The van der Waals surface area contributed by atoms with Crippen molar-refractivity contribution in [2.75, 3.05) is 0 Å². The third kappa shape index (κ3) is 5.03. The van der Waals surface area contributed by atoms with E-state index in [4.69, 9.17) is 15.0 Å². The van der Waals surface area contributed by atoms with Crippen LogP contribution in [0.4, 0.5) is 0 Å². The van der Waals surface area contributed by atoms with Crippen molar-refractivity contribution < 1.29 is 0 Å². The largest absolute Gasteiger partial charge is 0.308 e. The summed E-state index contributed by atoms with van der Waals surface area (Å²) in [7, 11) is 0. The molecule has 0 amide bonds. The fraction of sp³-hybridized carbons (Fsp3) is 0.0577. The maximum absolute atomic E-state index is 5.38. The Morgan fingerprint density at radius 1 is 0.375 bits per heavy atom. The molecule has 0 unspecified atom stereocenters. The SMILES string of the molecule is CC1(C)c2ccccc2-c2cc(-c3nc(-c4ccc5ccccc5c4)nc(-c4ccc(-c5ccccc5)cc4-n4c5ccccc5c5ccccc54)n3)ccc21. The van der Waals surface area contributed by atoms with Gasteiger partial charge in [0.25, 0.3) is 0 Å². The number of rotatable bonds is 5. The Balaban J connectivity index is 1.19. The van der Waals surface area contributed by atoms with Crippen molar-refractivity contribution in [2.45, 2.75) is 19.3 Å². The van der Waals surface area contributed by atoms with E-state index < -0.39 is 0 Å². The van der Waals surface area contributed by atoms with Gasteiger partial charge < -0.3 is 4.57 Å². The van der Waals surface area contributed by atoms with Crippen LogP contribution in [0.2, 0.25) is 0 Å². The Labute approximate surface area is 325 Å². The van der Waals surface area contributed by atoms with Crippen LogP contribution in [-0.4, -0.2) is 19.5 Å². The average molecular weight is 717 g/mol. The van der Waals surface area contributed by atoms with Crippen LogP contribution in [0, 0.1) is 0 Å². The number of hydrogen-bond acceptors (Lipinski definition) is 3. The first-order chi connectivity index (χ1) is 27.5. The van der Waals surface area contributed by atoms with Gasteiger partial charge in [-0.25, -0.2) is 15.0 Å². The standard InChI is InChI=1S/C52H36N4/c1-52(2)44-21-11-8-18-39(44)43-31-38(27-29-45(43)52)50-53-49(37-25-24-34-16-6-7-17-35(34)30-37)54-51(55-50)42-28-26-36(33-14-4-3-5-15-33)32-48(42)56-46-22-12-9-19-40(46)41-20-10-13-23-47(41)56/h3-32H,1-2H3. The minimum absolute atomic E-state index is 0.0946. The van der Waals surface area contributed by atoms with Gasteiger partial charge in [-0.3, -0.25) is 0 Å². The van der Waals surface area contributed by atoms with Crippen LogP contribution in [-0.2, 0) is 5.41 Å². The van der Waals surface area contributed by atoms with Crippen molar-refractivity contribution in [3.8, 4) is 62.1 Å². The molecule has 0 N–H and O–H groups in total. The fourth-order valence-corrected chi connectivity index (χ4v) is 8.84. The first-order valence-electron chi connectivity index (χ1n) is 19.2. The molecule has 1 aliphatic carbocycles. The molecule has 0 saturated carbocycles. The molecule has 0 spiro atoms. The van der Waals surface area contributed by atoms with Crippen LogP contribution in [0.1, 0.15) is 25.0 Å². The van der Waals surface area contributed by atoms with Gasteiger partial charge in [0.05, 0.1) is 16.7 Å². The molecule has 1 aliphatic rings. The zero-order valence-electron chi connectivity index (χ0n) is 31.1. The Kier molecular flexibility index (Phi) is 7.17. The number of nitrogens with zero attached hydrogens (tertiary/aromatic N) is 4. The summed E-state index contributed by atoms with van der Waals surface area (Å²) >= 11 is 0. The number of para-hydroxylation sites is 2. The molecule has 0 radical (unpaired) electrons. The van der Waals surface area contributed by atoms with Gasteiger partial charge in [-0.15, -0.1) is 0 Å². The lowest BCUT2D eigenvalue weighted by molar-refractivity contribution is 0.660. The first-order valence-corrected chi connectivity index (χ1v) is 19.2. The predicted molar refractivity (Wildman–Crippen MR) is 231 cm³/mol. The van der Waals surface area contributed by atoms with Gasteiger partial charge in [0, 0.05) is 32.9 Å². The maximum atomic E-state index is 5.38. The van der Waals surface area contributed by atoms with E-state index in [1.165, 1.54) is 38.4 Å². The molecule has 4 heteroatoms. The van der Waals surface area contributed by atoms with E-state index in [-0.39, 0.29) is 5.41 Å². The molecule has 0 aliphatic heterocycles. The van der Waals surface area contributed by atoms with Crippen LogP contribution in [0.25, 0.3) is 94.7 Å². The molecular weight excluding hydrogens is 681 g/mol. The van der Waals surface area contributed by atoms with Gasteiger partial charge in [0.15, 0.2) is 17.5 Å². The number of fused-ring (bicyclic) bond motifs is 7. The lowest BCUT2D eigenvalue weighted by Gasteiger charge is -2.21. The molecule has 0 fully saturated rings. The predicted octanol–water partition coefficient (Wildman–Crippen LogP) is 13.1. The van der Waals surface area contributed by atoms with Crippen LogP contribution < -0.4 is 0 Å². The van der Waals surface area contributed by atoms with Crippen LogP contribution in [0.15, 0.2) is 182 Å². The topological polar surface area (TPSA) is 43.6 Å². The second kappa shape index (κ2) is 12.4. The highest BCUT2D eigenvalue weighted by atomic mass is 15.1. The van der Waals surface area contributed by atoms with Gasteiger partial charge >= 0.3 is 0 Å². The van der Waals surface area contributed by atoms with Gasteiger partial charge in [-0.1, -0.05) is 159 Å². The summed E-state index contributed by atoms with van der Waals surface area (Å²) in [6.45, 7) is 4.62. The quantitative estimate of drug-likeness (QED) is 0.178. The summed E-state index contributed by atoms with van der Waals surface area (Å²) in [5.74, 6) is 1.90. The second-order valence-corrected chi connectivity index (χ2v) is 15.3. The van der Waals surface area contributed by atoms with E-state index in [2.05, 4.69) is 200 Å². The third-order valence-electron chi connectivity index (χ3n) is 11.7. The van der Waals surface area contributed by atoms with Gasteiger partial charge in [0.1, 0.15) is 0 Å². The molecule has 2 aromatic heterocycles. The highest BCUT2D eigenvalue weighted by Crippen LogP contribution is 2.49. The smallest absolute Gasteiger partial charge is 0.166 e. The van der Waals surface area contributed by atoms with E-state index in [1.54, 1.807) is 0 Å². The van der Waals surface area contributed by atoms with Crippen molar-refractivity contribution in [3.63, 3.8) is 0 Å². The lowest BCUT2D eigenvalue weighted by atomic mass is 9.82. The van der Waals surface area contributed by atoms with Crippen molar-refractivity contribution in [1.82, 2.24) is 19.5 Å². The Morgan fingerprint density at radius 3 is 1.71 bits per heavy atom. The van der Waals surface area contributed by atoms with Gasteiger partial charge in [0.2, 0.25) is 0 Å². The van der Waals surface area contributed by atoms with Crippen molar-refractivity contribution >= 4 is 32.6 Å². The molecule has 264 valence electrons. The van der Waals surface area contributed by atoms with E-state index in [1.807, 2.05) is 0 Å². The minimum atomic E-state index is -0.0946. The molecule has 0 saturated heterocycles. The van der Waals surface area contributed by atoms with E-state index in [0.717, 1.165) is 49.9 Å². The summed E-state index contributed by atoms with van der Waals surface area (Å²) in [5, 5.41) is 4.72. The minimum Gasteiger partial charge on any atom is -0.308 e. The van der Waals surface area contributed by atoms with Crippen molar-refractivity contribution in [2.24, 2.45) is 0 Å². The molecule has 8 aromatic carbocycles. The Bertz CT molecular complexity index is 3120. The van der Waals surface area contributed by atoms with E-state index in [9.17, 15) is 0 Å². The normalized spacial score (nSPS) is 13.0. The third-order valence-corrected chi connectivity index (χ3v) is 11.7. The summed E-state index contributed by atoms with van der Waals surface area (Å²) < 4.78 is 2.38. The Hall–Kier alpha value is -7.17. The number of hydrogen-bond donors (Lipinski definition) is 0. The monoisotopic (exact) mass is 716 g/mol. The first kappa shape index (κ1) is 32.3. The van der Waals surface area contributed by atoms with Crippen LogP contribution >= 0.6 is 0 Å². The van der Waals surface area contributed by atoms with Crippen LogP contribution in [0.5, 0.6) is 0 Å². The number of aromatic nitrogens is 4. The summed E-state index contributed by atoms with van der Waals surface area (Å²) in [6, 6.07) is 64.9. The molecule has 0 bridgehead atoms. The van der Waals surface area contributed by atoms with E-state index >= 15 is 0 Å². The molecule has 11 rings (SSSR count). The van der Waals surface area contributed by atoms with Crippen LogP contribution in [0.3, 0.4) is 0 Å². The molecule has 0 atom stereocenters. The molecule has 10 aromatic rings. The zero-order chi connectivity index (χ0) is 37.4. The number of benzene rings is 8. The summed E-state index contributed by atoms with van der Waals surface area (Å²) in [5.41, 5.74) is 13.4.